The van der Waals surface area contributed by atoms with Gasteiger partial charge < -0.3 is 39.9 Å². The molecule has 0 amide bonds. The normalized spacial score (nSPS) is 18.3. The van der Waals surface area contributed by atoms with Crippen molar-refractivity contribution in [3.63, 3.8) is 0 Å². The Morgan fingerprint density at radius 1 is 0.717 bits per heavy atom. The van der Waals surface area contributed by atoms with Gasteiger partial charge in [0.05, 0.1) is 43.6 Å². The van der Waals surface area contributed by atoms with Gasteiger partial charge in [-0.1, -0.05) is 12.1 Å². The highest BCUT2D eigenvalue weighted by molar-refractivity contribution is 6.03. The summed E-state index contributed by atoms with van der Waals surface area (Å²) in [6.45, 7) is 7.68. The molecule has 10 heteroatoms. The molecule has 0 bridgehead atoms. The van der Waals surface area contributed by atoms with E-state index in [2.05, 4.69) is 9.97 Å². The lowest BCUT2D eigenvalue weighted by molar-refractivity contribution is 0.0702. The number of pyridine rings is 2. The van der Waals surface area contributed by atoms with Crippen LogP contribution in [0.4, 0.5) is 0 Å². The molecular weight excluding hydrogens is 588 g/mol. The molecule has 2 aliphatic heterocycles. The van der Waals surface area contributed by atoms with E-state index in [4.69, 9.17) is 9.47 Å². The third kappa shape index (κ3) is 3.82. The Labute approximate surface area is 261 Å². The topological polar surface area (TPSA) is 165 Å². The van der Waals surface area contributed by atoms with Gasteiger partial charge in [-0.25, -0.2) is 0 Å². The van der Waals surface area contributed by atoms with Crippen molar-refractivity contribution in [1.29, 1.82) is 0 Å². The number of phenols is 4. The lowest BCUT2D eigenvalue weighted by Gasteiger charge is -2.41. The molecule has 0 spiro atoms. The van der Waals surface area contributed by atoms with E-state index >= 15 is 0 Å². The Kier molecular flexibility index (Phi) is 5.56. The minimum atomic E-state index is -0.808. The number of hydrogen-bond donors (Lipinski definition) is 6. The summed E-state index contributed by atoms with van der Waals surface area (Å²) in [6.07, 6.45) is 1.46. The van der Waals surface area contributed by atoms with Crippen molar-refractivity contribution < 1.29 is 29.9 Å². The number of benzene rings is 4. The zero-order valence-electron chi connectivity index (χ0n) is 25.7. The van der Waals surface area contributed by atoms with Crippen molar-refractivity contribution in [3.05, 3.63) is 79.6 Å². The molecule has 8 rings (SSSR count). The third-order valence-corrected chi connectivity index (χ3v) is 9.53. The van der Waals surface area contributed by atoms with Crippen LogP contribution in [-0.4, -0.2) is 41.6 Å². The molecule has 6 aromatic rings. The molecule has 0 fully saturated rings. The van der Waals surface area contributed by atoms with Crippen LogP contribution in [0.2, 0.25) is 0 Å². The van der Waals surface area contributed by atoms with Crippen LogP contribution < -0.4 is 20.3 Å². The van der Waals surface area contributed by atoms with Crippen molar-refractivity contribution in [3.8, 4) is 34.5 Å². The number of nitrogens with one attached hydrogen (secondary N) is 2. The molecule has 2 aliphatic rings. The minimum absolute atomic E-state index is 0.0138. The van der Waals surface area contributed by atoms with E-state index in [0.717, 1.165) is 0 Å². The molecule has 4 aromatic carbocycles. The first-order chi connectivity index (χ1) is 21.8. The molecular formula is C36H32N2O8. The number of aryl methyl sites for hydroxylation is 1. The van der Waals surface area contributed by atoms with Crippen LogP contribution in [-0.2, 0) is 6.42 Å². The van der Waals surface area contributed by atoms with Crippen LogP contribution in [0.25, 0.3) is 43.6 Å². The van der Waals surface area contributed by atoms with Gasteiger partial charge in [-0.05, 0) is 71.2 Å². The Morgan fingerprint density at radius 3 is 1.98 bits per heavy atom. The standard InChI is InChI=1S/C36H32N2O8/c1-35(2)12-11-17-29-26(32(43)16-8-6-9-19(39)27(16)37-29)33(44)24(34(17)46-35)18-14-36(3,4)45-22-13-21(41)25-30(23(18)22)38-28-15(31(25)42)7-5-10-20(28)40/h5-10,13,18,39-41,44H,11-12,14H2,1-4H3,(H,37,43)(H,38,42)/t18-/m0/s1. The summed E-state index contributed by atoms with van der Waals surface area (Å²) in [5.74, 6) is -0.783. The number of aromatic hydroxyl groups is 4. The van der Waals surface area contributed by atoms with Gasteiger partial charge in [0.1, 0.15) is 45.7 Å². The Balaban J connectivity index is 1.55. The third-order valence-electron chi connectivity index (χ3n) is 9.53. The molecule has 46 heavy (non-hydrogen) atoms. The van der Waals surface area contributed by atoms with Gasteiger partial charge in [0.2, 0.25) is 10.9 Å². The fourth-order valence-electron chi connectivity index (χ4n) is 7.45. The highest BCUT2D eigenvalue weighted by atomic mass is 16.5. The second-order valence-corrected chi connectivity index (χ2v) is 13.7. The molecule has 234 valence electrons. The van der Waals surface area contributed by atoms with Crippen LogP contribution in [0.5, 0.6) is 34.5 Å². The molecule has 0 aliphatic carbocycles. The predicted octanol–water partition coefficient (Wildman–Crippen LogP) is 6.30. The molecule has 0 saturated carbocycles. The molecule has 0 radical (unpaired) electrons. The molecule has 0 saturated heterocycles. The summed E-state index contributed by atoms with van der Waals surface area (Å²) in [5, 5.41) is 45.3. The fourth-order valence-corrected chi connectivity index (χ4v) is 7.45. The van der Waals surface area contributed by atoms with Crippen molar-refractivity contribution in [1.82, 2.24) is 9.97 Å². The zero-order chi connectivity index (χ0) is 32.4. The monoisotopic (exact) mass is 620 g/mol. The Bertz CT molecular complexity index is 2450. The van der Waals surface area contributed by atoms with Crippen LogP contribution in [0.3, 0.4) is 0 Å². The SMILES string of the molecule is CC1(C)C[C@H](c2c3c(c4[nH]c5c(O)cccc5c(=O)c4c2O)CCC(C)(C)O3)c2c(cc(O)c3c(=O)c4cccc(O)c4[nH]c23)O1. The average Bonchev–Trinajstić information content (AvgIpc) is 2.97. The number of para-hydroxylation sites is 2. The van der Waals surface area contributed by atoms with Gasteiger partial charge in [-0.15, -0.1) is 0 Å². The summed E-state index contributed by atoms with van der Waals surface area (Å²) < 4.78 is 13.0. The molecule has 2 aromatic heterocycles. The number of phenolic OH excluding ortho intramolecular Hbond substituents is 4. The van der Waals surface area contributed by atoms with E-state index in [-0.39, 0.29) is 66.8 Å². The maximum Gasteiger partial charge on any atom is 0.201 e. The van der Waals surface area contributed by atoms with Crippen LogP contribution in [0.15, 0.2) is 52.1 Å². The maximum atomic E-state index is 14.1. The molecule has 10 nitrogen and oxygen atoms in total. The second-order valence-electron chi connectivity index (χ2n) is 13.7. The van der Waals surface area contributed by atoms with Crippen LogP contribution in [0, 0.1) is 0 Å². The number of aromatic amines is 2. The smallest absolute Gasteiger partial charge is 0.201 e. The van der Waals surface area contributed by atoms with Gasteiger partial charge >= 0.3 is 0 Å². The fraction of sp³-hybridized carbons (Fsp3) is 0.278. The Morgan fingerprint density at radius 2 is 1.33 bits per heavy atom. The summed E-state index contributed by atoms with van der Waals surface area (Å²) in [4.78, 5) is 34.3. The van der Waals surface area contributed by atoms with Gasteiger partial charge in [0.25, 0.3) is 0 Å². The second kappa shape index (κ2) is 9.09. The van der Waals surface area contributed by atoms with Gasteiger partial charge in [0, 0.05) is 28.7 Å². The average molecular weight is 621 g/mol. The lowest BCUT2D eigenvalue weighted by atomic mass is 9.76. The number of fused-ring (bicyclic) bond motifs is 8. The number of ether oxygens (including phenoxy) is 2. The highest BCUT2D eigenvalue weighted by Crippen LogP contribution is 2.56. The van der Waals surface area contributed by atoms with E-state index in [1.165, 1.54) is 18.2 Å². The molecule has 0 unspecified atom stereocenters. The zero-order valence-corrected chi connectivity index (χ0v) is 25.7. The minimum Gasteiger partial charge on any atom is -0.507 e. The van der Waals surface area contributed by atoms with E-state index in [9.17, 15) is 30.0 Å². The van der Waals surface area contributed by atoms with Gasteiger partial charge in [-0.3, -0.25) is 9.59 Å². The predicted molar refractivity (Wildman–Crippen MR) is 175 cm³/mol. The van der Waals surface area contributed by atoms with Crippen molar-refractivity contribution in [2.45, 2.75) is 64.1 Å². The molecule has 4 heterocycles. The van der Waals surface area contributed by atoms with Crippen molar-refractivity contribution in [2.75, 3.05) is 0 Å². The van der Waals surface area contributed by atoms with Crippen LogP contribution >= 0.6 is 0 Å². The number of aromatic nitrogens is 2. The molecule has 6 N–H and O–H groups in total. The first-order valence-electron chi connectivity index (χ1n) is 15.2. The first-order valence-corrected chi connectivity index (χ1v) is 15.2. The summed E-state index contributed by atoms with van der Waals surface area (Å²) >= 11 is 0. The maximum absolute atomic E-state index is 14.1. The summed E-state index contributed by atoms with van der Waals surface area (Å²) in [7, 11) is 0. The first kappa shape index (κ1) is 28.1. The number of hydrogen-bond acceptors (Lipinski definition) is 8. The van der Waals surface area contributed by atoms with Gasteiger partial charge in [-0.2, -0.15) is 0 Å². The van der Waals surface area contributed by atoms with E-state index in [1.54, 1.807) is 24.3 Å². The number of rotatable bonds is 1. The van der Waals surface area contributed by atoms with Crippen molar-refractivity contribution in [2.24, 2.45) is 0 Å². The van der Waals surface area contributed by atoms with E-state index in [0.29, 0.717) is 47.2 Å². The van der Waals surface area contributed by atoms with Gasteiger partial charge in [0.15, 0.2) is 0 Å². The summed E-state index contributed by atoms with van der Waals surface area (Å²) in [5.41, 5.74) is 0.280. The van der Waals surface area contributed by atoms with E-state index in [1.807, 2.05) is 27.7 Å². The van der Waals surface area contributed by atoms with Crippen LogP contribution in [0.1, 0.15) is 63.1 Å². The van der Waals surface area contributed by atoms with Crippen molar-refractivity contribution >= 4 is 43.6 Å². The highest BCUT2D eigenvalue weighted by Gasteiger charge is 2.43. The number of H-pyrrole nitrogens is 2. The largest absolute Gasteiger partial charge is 0.507 e. The quantitative estimate of drug-likeness (QED) is 0.117. The lowest BCUT2D eigenvalue weighted by Crippen LogP contribution is -2.37. The Hall–Kier alpha value is -5.38. The molecule has 1 atom stereocenters. The summed E-state index contributed by atoms with van der Waals surface area (Å²) in [6, 6.07) is 10.7. The van der Waals surface area contributed by atoms with E-state index < -0.39 is 28.0 Å².